The summed E-state index contributed by atoms with van der Waals surface area (Å²) in [6, 6.07) is 10.7. The molecule has 3 heterocycles. The van der Waals surface area contributed by atoms with E-state index in [1.54, 1.807) is 24.4 Å². The largest absolute Gasteiger partial charge is 0.455 e. The molecule has 0 saturated heterocycles. The zero-order valence-electron chi connectivity index (χ0n) is 15.1. The number of benzene rings is 2. The van der Waals surface area contributed by atoms with E-state index in [9.17, 15) is 4.79 Å². The molecule has 28 heavy (non-hydrogen) atoms. The summed E-state index contributed by atoms with van der Waals surface area (Å²) in [6.45, 7) is 4.03. The molecule has 4 aromatic rings. The van der Waals surface area contributed by atoms with Gasteiger partial charge in [0.15, 0.2) is 0 Å². The van der Waals surface area contributed by atoms with Gasteiger partial charge in [0.05, 0.1) is 16.1 Å². The van der Waals surface area contributed by atoms with Crippen molar-refractivity contribution in [1.82, 2.24) is 4.98 Å². The van der Waals surface area contributed by atoms with Crippen molar-refractivity contribution < 1.29 is 9.21 Å². The molecule has 0 aliphatic heterocycles. The molecule has 1 atom stereocenters. The van der Waals surface area contributed by atoms with Crippen molar-refractivity contribution in [2.45, 2.75) is 19.8 Å². The molecule has 5 rings (SSSR count). The minimum absolute atomic E-state index is 0.272. The number of aromatic nitrogens is 1. The maximum atomic E-state index is 13.2. The van der Waals surface area contributed by atoms with E-state index in [-0.39, 0.29) is 5.91 Å². The molecule has 2 bridgehead atoms. The standard InChI is InChI=1S/C22H14ClN3O2/c1-10-7-12(5-6-25-10)18-19(21-17-11(2)16(17)20(18)28-21)22(27)26-14-3-4-15(23)13(8-14)9-24/h3-8,11H,1-2H3,(H,26,27)/t11-/m1/s1. The third-order valence-corrected chi connectivity index (χ3v) is 5.56. The fourth-order valence-corrected chi connectivity index (χ4v) is 4.02. The van der Waals surface area contributed by atoms with E-state index >= 15 is 0 Å². The number of rotatable bonds is 3. The van der Waals surface area contributed by atoms with Crippen LogP contribution < -0.4 is 5.32 Å². The zero-order valence-corrected chi connectivity index (χ0v) is 15.9. The van der Waals surface area contributed by atoms with Gasteiger partial charge in [-0.25, -0.2) is 0 Å². The average molecular weight is 388 g/mol. The van der Waals surface area contributed by atoms with E-state index in [2.05, 4.69) is 17.2 Å². The first-order chi connectivity index (χ1) is 13.5. The molecule has 1 amide bonds. The molecule has 1 aliphatic carbocycles. The lowest BCUT2D eigenvalue weighted by molar-refractivity contribution is 0.102. The Kier molecular flexibility index (Phi) is 3.49. The number of amides is 1. The molecule has 0 unspecified atom stereocenters. The SMILES string of the molecule is Cc1cc(-c2c(C(=O)Nc3ccc(Cl)c(C#N)c3)c3oc2c2c3[C@@H]2C)ccn1. The van der Waals surface area contributed by atoms with Gasteiger partial charge >= 0.3 is 0 Å². The lowest BCUT2D eigenvalue weighted by Gasteiger charge is -2.08. The number of carbonyl (C=O) groups is 1. The Morgan fingerprint density at radius 1 is 1.25 bits per heavy atom. The van der Waals surface area contributed by atoms with Gasteiger partial charge in [0.25, 0.3) is 5.91 Å². The number of hydrogen-bond acceptors (Lipinski definition) is 4. The first-order valence-corrected chi connectivity index (χ1v) is 9.23. The number of pyridine rings is 1. The fraction of sp³-hybridized carbons (Fsp3) is 0.136. The third kappa shape index (κ3) is 2.32. The van der Waals surface area contributed by atoms with Gasteiger partial charge in [0, 0.05) is 40.2 Å². The van der Waals surface area contributed by atoms with Crippen LogP contribution in [0.2, 0.25) is 5.02 Å². The number of halogens is 1. The van der Waals surface area contributed by atoms with Crippen molar-refractivity contribution in [3.63, 3.8) is 0 Å². The topological polar surface area (TPSA) is 78.9 Å². The molecular weight excluding hydrogens is 374 g/mol. The van der Waals surface area contributed by atoms with Crippen LogP contribution in [0.1, 0.15) is 45.6 Å². The van der Waals surface area contributed by atoms with Crippen LogP contribution in [0.25, 0.3) is 22.3 Å². The van der Waals surface area contributed by atoms with Crippen LogP contribution in [0, 0.1) is 18.3 Å². The van der Waals surface area contributed by atoms with E-state index in [0.717, 1.165) is 28.0 Å². The molecule has 3 aromatic heterocycles. The van der Waals surface area contributed by atoms with Gasteiger partial charge < -0.3 is 9.73 Å². The quantitative estimate of drug-likeness (QED) is 0.504. The highest BCUT2D eigenvalue weighted by Crippen LogP contribution is 2.58. The number of carbonyl (C=O) groups excluding carboxylic acids is 1. The first-order valence-electron chi connectivity index (χ1n) is 8.85. The van der Waals surface area contributed by atoms with E-state index in [1.165, 1.54) is 5.56 Å². The second-order valence-electron chi connectivity index (χ2n) is 7.01. The summed E-state index contributed by atoms with van der Waals surface area (Å²) in [5.41, 5.74) is 7.65. The van der Waals surface area contributed by atoms with Crippen LogP contribution in [0.3, 0.4) is 0 Å². The van der Waals surface area contributed by atoms with Gasteiger partial charge in [-0.2, -0.15) is 5.26 Å². The van der Waals surface area contributed by atoms with E-state index in [0.29, 0.717) is 33.3 Å². The summed E-state index contributed by atoms with van der Waals surface area (Å²) in [6.07, 6.45) is 1.73. The number of anilines is 1. The Morgan fingerprint density at radius 3 is 2.79 bits per heavy atom. The second-order valence-corrected chi connectivity index (χ2v) is 7.41. The Balaban J connectivity index is 1.61. The van der Waals surface area contributed by atoms with Crippen LogP contribution in [-0.2, 0) is 0 Å². The van der Waals surface area contributed by atoms with E-state index < -0.39 is 0 Å². The monoisotopic (exact) mass is 387 g/mol. The van der Waals surface area contributed by atoms with Crippen LogP contribution >= 0.6 is 11.6 Å². The van der Waals surface area contributed by atoms with Crippen molar-refractivity contribution in [3.05, 3.63) is 69.5 Å². The summed E-state index contributed by atoms with van der Waals surface area (Å²) in [5, 5.41) is 12.4. The van der Waals surface area contributed by atoms with Gasteiger partial charge in [-0.1, -0.05) is 18.5 Å². The number of nitrogens with one attached hydrogen (secondary N) is 1. The Labute approximate surface area is 165 Å². The van der Waals surface area contributed by atoms with Crippen molar-refractivity contribution >= 4 is 34.4 Å². The van der Waals surface area contributed by atoms with Crippen LogP contribution in [-0.4, -0.2) is 10.9 Å². The molecule has 1 N–H and O–H groups in total. The highest BCUT2D eigenvalue weighted by Gasteiger charge is 2.44. The van der Waals surface area contributed by atoms with Gasteiger partial charge in [0.1, 0.15) is 17.2 Å². The number of nitriles is 1. The number of nitrogens with zero attached hydrogens (tertiary/aromatic N) is 2. The van der Waals surface area contributed by atoms with E-state index in [4.69, 9.17) is 21.3 Å². The van der Waals surface area contributed by atoms with Crippen molar-refractivity contribution in [2.24, 2.45) is 0 Å². The maximum Gasteiger partial charge on any atom is 0.260 e. The fourth-order valence-electron chi connectivity index (χ4n) is 3.86. The molecule has 0 radical (unpaired) electrons. The molecule has 136 valence electrons. The van der Waals surface area contributed by atoms with Gasteiger partial charge in [-0.15, -0.1) is 0 Å². The number of fused-ring (bicyclic) bond motifs is 5. The predicted octanol–water partition coefficient (Wildman–Crippen LogP) is 5.48. The summed E-state index contributed by atoms with van der Waals surface area (Å²) in [7, 11) is 0. The second kappa shape index (κ2) is 5.82. The zero-order chi connectivity index (χ0) is 19.6. The van der Waals surface area contributed by atoms with Crippen LogP contribution in [0.15, 0.2) is 40.9 Å². The summed E-state index contributed by atoms with van der Waals surface area (Å²) in [5.74, 6) is 0.0500. The van der Waals surface area contributed by atoms with Crippen LogP contribution in [0.4, 0.5) is 5.69 Å². The summed E-state index contributed by atoms with van der Waals surface area (Å²) in [4.78, 5) is 17.4. The third-order valence-electron chi connectivity index (χ3n) is 5.23. The Hall–Kier alpha value is -3.36. The Bertz CT molecular complexity index is 1320. The minimum Gasteiger partial charge on any atom is -0.455 e. The molecular formula is C22H14ClN3O2. The van der Waals surface area contributed by atoms with Gasteiger partial charge in [-0.3, -0.25) is 9.78 Å². The number of furan rings is 2. The Morgan fingerprint density at radius 2 is 2.04 bits per heavy atom. The lowest BCUT2D eigenvalue weighted by atomic mass is 9.99. The average Bonchev–Trinajstić information content (AvgIpc) is 3.04. The van der Waals surface area contributed by atoms with Crippen molar-refractivity contribution in [2.75, 3.05) is 5.32 Å². The van der Waals surface area contributed by atoms with Crippen molar-refractivity contribution in [3.8, 4) is 17.2 Å². The first kappa shape index (κ1) is 16.8. The highest BCUT2D eigenvalue weighted by molar-refractivity contribution is 6.31. The lowest BCUT2D eigenvalue weighted by Crippen LogP contribution is -2.13. The predicted molar refractivity (Wildman–Crippen MR) is 107 cm³/mol. The molecule has 5 nitrogen and oxygen atoms in total. The van der Waals surface area contributed by atoms with Crippen LogP contribution in [0.5, 0.6) is 0 Å². The molecule has 0 fully saturated rings. The molecule has 1 aromatic carbocycles. The van der Waals surface area contributed by atoms with Crippen molar-refractivity contribution in [1.29, 1.82) is 5.26 Å². The minimum atomic E-state index is -0.272. The smallest absolute Gasteiger partial charge is 0.260 e. The molecule has 0 saturated carbocycles. The highest BCUT2D eigenvalue weighted by atomic mass is 35.5. The summed E-state index contributed by atoms with van der Waals surface area (Å²) < 4.78 is 5.98. The maximum absolute atomic E-state index is 13.2. The number of hydrogen-bond donors (Lipinski definition) is 1. The molecule has 1 aliphatic rings. The molecule has 6 heteroatoms. The van der Waals surface area contributed by atoms with E-state index in [1.807, 2.05) is 25.1 Å². The molecule has 0 spiro atoms. The normalized spacial score (nSPS) is 14.7. The number of aryl methyl sites for hydroxylation is 1. The summed E-state index contributed by atoms with van der Waals surface area (Å²) >= 11 is 5.99. The van der Waals surface area contributed by atoms with Gasteiger partial charge in [0.2, 0.25) is 0 Å². The van der Waals surface area contributed by atoms with Gasteiger partial charge in [-0.05, 0) is 42.8 Å².